The Kier molecular flexibility index (Phi) is 18.2. The maximum atomic E-state index is 14.7. The van der Waals surface area contributed by atoms with Crippen molar-refractivity contribution in [3.63, 3.8) is 0 Å². The fourth-order valence-electron chi connectivity index (χ4n) is 16.4. The summed E-state index contributed by atoms with van der Waals surface area (Å²) < 4.78 is 106. The maximum absolute atomic E-state index is 14.7. The van der Waals surface area contributed by atoms with Crippen molar-refractivity contribution in [3.8, 4) is 0 Å². The normalized spacial score (nSPS) is 49.6. The highest BCUT2D eigenvalue weighted by Crippen LogP contribution is 2.77. The van der Waals surface area contributed by atoms with Crippen LogP contribution in [0.1, 0.15) is 113 Å². The number of aliphatic hydroxyl groups is 8. The highest BCUT2D eigenvalue weighted by molar-refractivity contribution is 7.80. The molecule has 8 N–H and O–H groups in total. The molecule has 0 aromatic heterocycles. The fraction of sp³-hybridized carbons (Fsp3) is 0.891. The first-order valence-electron chi connectivity index (χ1n) is 28.3. The van der Waals surface area contributed by atoms with Crippen LogP contribution in [-0.2, 0) is 76.3 Å². The van der Waals surface area contributed by atoms with Crippen LogP contribution in [0.3, 0.4) is 0 Å². The van der Waals surface area contributed by atoms with E-state index in [4.69, 9.17) is 52.1 Å². The van der Waals surface area contributed by atoms with E-state index in [-0.39, 0.29) is 29.1 Å². The van der Waals surface area contributed by atoms with Crippen molar-refractivity contribution in [1.82, 2.24) is 0 Å². The van der Waals surface area contributed by atoms with E-state index in [2.05, 4.69) is 44.5 Å². The second kappa shape index (κ2) is 23.4. The number of carbonyl (C=O) groups excluding carboxylic acids is 2. The van der Waals surface area contributed by atoms with Crippen LogP contribution in [0.25, 0.3) is 0 Å². The number of rotatable bonds is 17. The van der Waals surface area contributed by atoms with Crippen molar-refractivity contribution in [2.75, 3.05) is 26.9 Å². The molecule has 0 aromatic carbocycles. The zero-order valence-corrected chi connectivity index (χ0v) is 48.3. The number of hydrogen-bond acceptors (Lipinski definition) is 25. The molecule has 1 unspecified atom stereocenters. The monoisotopic (exact) mass is 1180 g/mol. The molecule has 25 nitrogen and oxygen atoms in total. The van der Waals surface area contributed by atoms with Crippen molar-refractivity contribution in [2.24, 2.45) is 39.4 Å². The molecule has 462 valence electrons. The number of aliphatic hydroxyl groups excluding tert-OH is 8. The standard InChI is InChI=1S/C55H86O25S/c1-24(2)12-11-17-54(9)45-30(73-26(4)57)20-53(8)28-13-14-33-51(5,6)34(16-18-52(33,7)27(28)15-19-55(45,53)50(65)79-54)75-49-44(36(60)32(23-71-49)80-81(66,67)68)78-47-38(62)37(61)41(25(3)72-47)76-46-39(63)42(29(58)22-70-46)77-48-40(64)43(69-10)35(59)31(21-56)74-48/h13,25,27,29-49,56,58-64H,1,11-12,14-23H2,2-10H3,(H,66,67,68)/p-1/t25-,27-,29-,30+,31-,32-,33?,34+,35-,36+,37-,38-,39-,40-,41-,42+,43+,44-,45-,46+,47+,48+,49+,52-,53+,54+,55-/m1/s1. The average molecular weight is 1180 g/mol. The van der Waals surface area contributed by atoms with E-state index in [0.29, 0.717) is 44.9 Å². The summed E-state index contributed by atoms with van der Waals surface area (Å²) in [5, 5.41) is 88.3. The summed E-state index contributed by atoms with van der Waals surface area (Å²) in [6, 6.07) is 0. The van der Waals surface area contributed by atoms with Crippen LogP contribution in [0, 0.1) is 39.4 Å². The van der Waals surface area contributed by atoms with E-state index in [1.165, 1.54) is 26.5 Å². The third-order valence-electron chi connectivity index (χ3n) is 20.2. The Morgan fingerprint density at radius 3 is 2.10 bits per heavy atom. The lowest BCUT2D eigenvalue weighted by atomic mass is 9.41. The minimum Gasteiger partial charge on any atom is -0.726 e. The summed E-state index contributed by atoms with van der Waals surface area (Å²) in [6.07, 6.45) is -22.6. The van der Waals surface area contributed by atoms with Gasteiger partial charge < -0.3 is 97.5 Å². The van der Waals surface area contributed by atoms with Gasteiger partial charge in [-0.2, -0.15) is 0 Å². The maximum Gasteiger partial charge on any atom is 0.314 e. The molecule has 0 amide bonds. The van der Waals surface area contributed by atoms with Gasteiger partial charge in [-0.25, -0.2) is 8.42 Å². The predicted molar refractivity (Wildman–Crippen MR) is 274 cm³/mol. The van der Waals surface area contributed by atoms with Crippen molar-refractivity contribution < 1.29 is 120 Å². The Bertz CT molecular complexity index is 2440. The number of methoxy groups -OCH3 is 1. The summed E-state index contributed by atoms with van der Waals surface area (Å²) >= 11 is 0. The van der Waals surface area contributed by atoms with E-state index in [9.17, 15) is 63.4 Å². The molecule has 3 saturated carbocycles. The molecule has 0 aromatic rings. The van der Waals surface area contributed by atoms with E-state index < -0.39 is 181 Å². The molecule has 27 atom stereocenters. The molecule has 26 heteroatoms. The third kappa shape index (κ3) is 11.1. The number of ether oxygens (including phenoxy) is 11. The second-order valence-corrected chi connectivity index (χ2v) is 26.6. The third-order valence-corrected chi connectivity index (χ3v) is 20.7. The van der Waals surface area contributed by atoms with Gasteiger partial charge in [0.15, 0.2) is 25.2 Å². The van der Waals surface area contributed by atoms with Gasteiger partial charge in [0.05, 0.1) is 43.4 Å². The lowest BCUT2D eigenvalue weighted by molar-refractivity contribution is -0.382. The van der Waals surface area contributed by atoms with E-state index >= 15 is 0 Å². The van der Waals surface area contributed by atoms with Gasteiger partial charge in [0.25, 0.3) is 0 Å². The van der Waals surface area contributed by atoms with Crippen LogP contribution in [0.4, 0.5) is 0 Å². The summed E-state index contributed by atoms with van der Waals surface area (Å²) in [5.41, 5.74) is -1.19. The van der Waals surface area contributed by atoms with Crippen LogP contribution < -0.4 is 0 Å². The summed E-state index contributed by atoms with van der Waals surface area (Å²) in [6.45, 7) is 17.6. The number of hydrogen-bond donors (Lipinski definition) is 8. The van der Waals surface area contributed by atoms with Gasteiger partial charge in [0.2, 0.25) is 10.4 Å². The zero-order chi connectivity index (χ0) is 59.3. The van der Waals surface area contributed by atoms with Crippen molar-refractivity contribution in [1.29, 1.82) is 0 Å². The Morgan fingerprint density at radius 1 is 0.790 bits per heavy atom. The zero-order valence-electron chi connectivity index (χ0n) is 47.5. The molecule has 9 aliphatic rings. The lowest BCUT2D eigenvalue weighted by Gasteiger charge is -2.64. The van der Waals surface area contributed by atoms with Gasteiger partial charge in [-0.15, -0.1) is 6.58 Å². The first-order valence-corrected chi connectivity index (χ1v) is 29.7. The first kappa shape index (κ1) is 63.1. The van der Waals surface area contributed by atoms with Crippen molar-refractivity contribution in [3.05, 3.63) is 23.8 Å². The fourth-order valence-corrected chi connectivity index (χ4v) is 16.8. The Labute approximate surface area is 472 Å². The predicted octanol–water partition coefficient (Wildman–Crippen LogP) is 0.277. The minimum atomic E-state index is -5.41. The Hall–Kier alpha value is -2.39. The Balaban J connectivity index is 0.906. The SMILES string of the molecule is C=C(C)CCC[C@]1(C)OC(=O)[C@]23CC[C@@H]4C(=CCC5C(C)(C)[C@@H](O[C@@H]6OC[C@@H](OS(=O)(=O)[O-])[C@H](O)[C@H]6O[C@@H]6O[C@H](C)[C@@H](O[C@@H]7OC[C@@H](O)[C@H](O[C@@H]8O[C@H](CO)[C@@H](O)[C@H](OC)[C@H]8O)[C@H]7O)[C@H](O)[C@H]6O)CC[C@@]54C)[C@]2(C)C[C@H](OC(C)=O)[C@@H]31. The number of allylic oxidation sites excluding steroid dienone is 3. The van der Waals surface area contributed by atoms with Crippen LogP contribution in [0.2, 0.25) is 0 Å². The van der Waals surface area contributed by atoms with Gasteiger partial charge in [-0.1, -0.05) is 44.9 Å². The van der Waals surface area contributed by atoms with Gasteiger partial charge >= 0.3 is 11.9 Å². The summed E-state index contributed by atoms with van der Waals surface area (Å²) in [4.78, 5) is 27.4. The summed E-state index contributed by atoms with van der Waals surface area (Å²) in [7, 11) is -4.20. The molecule has 0 radical (unpaired) electrons. The van der Waals surface area contributed by atoms with Gasteiger partial charge in [0, 0.05) is 19.4 Å². The van der Waals surface area contributed by atoms with E-state index in [1.54, 1.807) is 0 Å². The number of esters is 2. The number of cyclic esters (lactones) is 1. The molecule has 0 bridgehead atoms. The lowest BCUT2D eigenvalue weighted by Crippen LogP contribution is -2.65. The largest absolute Gasteiger partial charge is 0.726 e. The van der Waals surface area contributed by atoms with Crippen molar-refractivity contribution in [2.45, 2.75) is 242 Å². The smallest absolute Gasteiger partial charge is 0.314 e. The molecule has 5 aliphatic heterocycles. The summed E-state index contributed by atoms with van der Waals surface area (Å²) in [5.74, 6) is -0.994. The molecule has 81 heavy (non-hydrogen) atoms. The van der Waals surface area contributed by atoms with Gasteiger partial charge in [-0.3, -0.25) is 13.8 Å². The van der Waals surface area contributed by atoms with E-state index in [0.717, 1.165) is 18.4 Å². The highest BCUT2D eigenvalue weighted by Gasteiger charge is 2.79. The molecule has 4 aliphatic carbocycles. The molecule has 5 saturated heterocycles. The van der Waals surface area contributed by atoms with Gasteiger partial charge in [-0.05, 0) is 101 Å². The topological polar surface area (TPSA) is 364 Å². The second-order valence-electron chi connectivity index (χ2n) is 25.6. The molecule has 1 spiro atoms. The minimum absolute atomic E-state index is 0.0230. The Morgan fingerprint density at radius 2 is 1.44 bits per heavy atom. The molecular formula is C55H85O25S-. The number of fused-ring (bicyclic) bond motifs is 4. The van der Waals surface area contributed by atoms with Crippen LogP contribution in [-0.4, -0.2) is 221 Å². The van der Waals surface area contributed by atoms with Gasteiger partial charge in [0.1, 0.15) is 91.1 Å². The van der Waals surface area contributed by atoms with Crippen molar-refractivity contribution >= 4 is 22.3 Å². The molecule has 8 fully saturated rings. The quantitative estimate of drug-likeness (QED) is 0.0419. The average Bonchev–Trinajstić information content (AvgIpc) is 2.79. The molecule has 5 heterocycles. The molecular weight excluding hydrogens is 1090 g/mol. The van der Waals surface area contributed by atoms with E-state index in [1.807, 2.05) is 13.8 Å². The number of carbonyl (C=O) groups is 2. The van der Waals surface area contributed by atoms with Crippen LogP contribution in [0.5, 0.6) is 0 Å². The molecule has 9 rings (SSSR count). The highest BCUT2D eigenvalue weighted by atomic mass is 32.3. The van der Waals surface area contributed by atoms with Crippen LogP contribution in [0.15, 0.2) is 23.8 Å². The first-order chi connectivity index (χ1) is 37.9. The van der Waals surface area contributed by atoms with Crippen LogP contribution >= 0.6 is 0 Å².